The molecule has 0 bridgehead atoms. The van der Waals surface area contributed by atoms with Crippen molar-refractivity contribution in [2.75, 3.05) is 13.7 Å². The Hall–Kier alpha value is -1.86. The smallest absolute Gasteiger partial charge is 0.406 e. The van der Waals surface area contributed by atoms with Crippen LogP contribution in [0.25, 0.3) is 0 Å². The number of hydrogen-bond acceptors (Lipinski definition) is 4. The van der Waals surface area contributed by atoms with Crippen molar-refractivity contribution >= 4 is 5.91 Å². The van der Waals surface area contributed by atoms with E-state index in [-0.39, 0.29) is 11.6 Å². The first-order valence-corrected chi connectivity index (χ1v) is 6.64. The summed E-state index contributed by atoms with van der Waals surface area (Å²) in [7, 11) is 1.35. The van der Waals surface area contributed by atoms with Crippen LogP contribution in [-0.2, 0) is 0 Å². The Labute approximate surface area is 120 Å². The summed E-state index contributed by atoms with van der Waals surface area (Å²) >= 11 is 0. The Bertz CT molecular complexity index is 502. The molecule has 0 atom stereocenters. The fraction of sp³-hybridized carbons (Fsp3) is 0.615. The minimum Gasteiger partial charge on any atom is -0.480 e. The molecule has 0 spiro atoms. The van der Waals surface area contributed by atoms with E-state index in [1.807, 2.05) is 0 Å². The molecular weight excluding hydrogens is 287 g/mol. The van der Waals surface area contributed by atoms with Crippen molar-refractivity contribution in [2.45, 2.75) is 37.9 Å². The number of aromatic nitrogens is 2. The van der Waals surface area contributed by atoms with E-state index in [1.54, 1.807) is 0 Å². The van der Waals surface area contributed by atoms with E-state index in [1.165, 1.54) is 13.3 Å². The second kappa shape index (κ2) is 6.28. The summed E-state index contributed by atoms with van der Waals surface area (Å²) in [6.07, 6.45) is 0.832. The molecule has 2 rings (SSSR count). The van der Waals surface area contributed by atoms with Gasteiger partial charge in [-0.1, -0.05) is 12.8 Å². The van der Waals surface area contributed by atoms with Crippen molar-refractivity contribution < 1.29 is 22.7 Å². The van der Waals surface area contributed by atoms with Gasteiger partial charge in [-0.2, -0.15) is 13.2 Å². The van der Waals surface area contributed by atoms with Crippen LogP contribution in [0.5, 0.6) is 5.88 Å². The van der Waals surface area contributed by atoms with Crippen LogP contribution in [-0.4, -0.2) is 46.6 Å². The Balaban J connectivity index is 2.23. The summed E-state index contributed by atoms with van der Waals surface area (Å²) < 4.78 is 43.0. The Morgan fingerprint density at radius 2 is 2.05 bits per heavy atom. The van der Waals surface area contributed by atoms with Gasteiger partial charge in [0, 0.05) is 6.04 Å². The summed E-state index contributed by atoms with van der Waals surface area (Å²) in [6.45, 7) is -1.27. The minimum atomic E-state index is -4.44. The highest BCUT2D eigenvalue weighted by molar-refractivity contribution is 5.92. The summed E-state index contributed by atoms with van der Waals surface area (Å²) in [4.78, 5) is 20.8. The number of ether oxygens (including phenoxy) is 1. The van der Waals surface area contributed by atoms with E-state index in [9.17, 15) is 18.0 Å². The third kappa shape index (κ3) is 4.05. The average molecular weight is 303 g/mol. The quantitative estimate of drug-likeness (QED) is 0.857. The van der Waals surface area contributed by atoms with Crippen LogP contribution >= 0.6 is 0 Å². The normalized spacial score (nSPS) is 16.0. The molecule has 0 saturated heterocycles. The number of amides is 1. The monoisotopic (exact) mass is 303 g/mol. The lowest BCUT2D eigenvalue weighted by Crippen LogP contribution is -2.45. The highest BCUT2D eigenvalue weighted by atomic mass is 19.4. The van der Waals surface area contributed by atoms with Gasteiger partial charge in [-0.25, -0.2) is 4.98 Å². The highest BCUT2D eigenvalue weighted by Crippen LogP contribution is 2.28. The average Bonchev–Trinajstić information content (AvgIpc) is 2.97. The van der Waals surface area contributed by atoms with Gasteiger partial charge in [0.1, 0.15) is 6.54 Å². The fourth-order valence-electron chi connectivity index (χ4n) is 2.47. The third-order valence-corrected chi connectivity index (χ3v) is 3.42. The second-order valence-corrected chi connectivity index (χ2v) is 4.93. The van der Waals surface area contributed by atoms with E-state index in [4.69, 9.17) is 4.74 Å². The number of carbonyl (C=O) groups is 1. The van der Waals surface area contributed by atoms with Crippen LogP contribution in [0.1, 0.15) is 36.2 Å². The maximum absolute atomic E-state index is 12.7. The van der Waals surface area contributed by atoms with E-state index in [0.717, 1.165) is 23.9 Å². The van der Waals surface area contributed by atoms with Crippen molar-refractivity contribution in [3.05, 3.63) is 18.1 Å². The first-order valence-electron chi connectivity index (χ1n) is 6.64. The second-order valence-electron chi connectivity index (χ2n) is 4.93. The maximum Gasteiger partial charge on any atom is 0.406 e. The first-order chi connectivity index (χ1) is 9.90. The van der Waals surface area contributed by atoms with Crippen LogP contribution in [0.2, 0.25) is 0 Å². The Morgan fingerprint density at radius 1 is 1.38 bits per heavy atom. The molecule has 21 heavy (non-hydrogen) atoms. The topological polar surface area (TPSA) is 55.3 Å². The van der Waals surface area contributed by atoms with Gasteiger partial charge in [0.15, 0.2) is 5.69 Å². The molecule has 1 fully saturated rings. The van der Waals surface area contributed by atoms with Gasteiger partial charge in [0.05, 0.1) is 19.5 Å². The number of alkyl halides is 3. The van der Waals surface area contributed by atoms with Crippen LogP contribution < -0.4 is 4.74 Å². The van der Waals surface area contributed by atoms with Crippen LogP contribution in [0, 0.1) is 0 Å². The number of methoxy groups -OCH3 is 1. The molecule has 0 unspecified atom stereocenters. The van der Waals surface area contributed by atoms with Crippen molar-refractivity contribution in [1.82, 2.24) is 14.9 Å². The SMILES string of the molecule is COc1cncc(C(=O)N(CC(F)(F)F)C2CCCC2)n1. The molecule has 1 amide bonds. The maximum atomic E-state index is 12.7. The molecular formula is C13H16F3N3O2. The van der Waals surface area contributed by atoms with Crippen molar-refractivity contribution in [2.24, 2.45) is 0 Å². The lowest BCUT2D eigenvalue weighted by Gasteiger charge is -2.29. The van der Waals surface area contributed by atoms with Crippen molar-refractivity contribution in [3.63, 3.8) is 0 Å². The number of rotatable bonds is 4. The van der Waals surface area contributed by atoms with Crippen LogP contribution in [0.4, 0.5) is 13.2 Å². The standard InChI is InChI=1S/C13H16F3N3O2/c1-21-11-7-17-6-10(18-11)12(20)19(8-13(14,15)16)9-4-2-3-5-9/h6-7,9H,2-5,8H2,1H3. The van der Waals surface area contributed by atoms with Crippen LogP contribution in [0.15, 0.2) is 12.4 Å². The molecule has 116 valence electrons. The third-order valence-electron chi connectivity index (χ3n) is 3.42. The van der Waals surface area contributed by atoms with Gasteiger partial charge in [0.25, 0.3) is 5.91 Å². The molecule has 1 aromatic heterocycles. The number of hydrogen-bond donors (Lipinski definition) is 0. The van der Waals surface area contributed by atoms with Crippen LogP contribution in [0.3, 0.4) is 0 Å². The predicted molar refractivity (Wildman–Crippen MR) is 67.9 cm³/mol. The molecule has 0 aliphatic heterocycles. The summed E-state index contributed by atoms with van der Waals surface area (Å²) in [5.74, 6) is -0.662. The molecule has 1 aliphatic rings. The van der Waals surface area contributed by atoms with E-state index >= 15 is 0 Å². The van der Waals surface area contributed by atoms with E-state index < -0.39 is 24.7 Å². The summed E-state index contributed by atoms with van der Waals surface area (Å²) in [6, 6.07) is -0.396. The minimum absolute atomic E-state index is 0.0965. The zero-order valence-corrected chi connectivity index (χ0v) is 11.6. The molecule has 5 nitrogen and oxygen atoms in total. The zero-order valence-electron chi connectivity index (χ0n) is 11.6. The molecule has 1 saturated carbocycles. The van der Waals surface area contributed by atoms with Gasteiger partial charge in [-0.15, -0.1) is 0 Å². The largest absolute Gasteiger partial charge is 0.480 e. The molecule has 1 aliphatic carbocycles. The lowest BCUT2D eigenvalue weighted by molar-refractivity contribution is -0.144. The number of carbonyl (C=O) groups excluding carboxylic acids is 1. The number of nitrogens with zero attached hydrogens (tertiary/aromatic N) is 3. The van der Waals surface area contributed by atoms with Gasteiger partial charge in [0.2, 0.25) is 5.88 Å². The Morgan fingerprint density at radius 3 is 2.62 bits per heavy atom. The first kappa shape index (κ1) is 15.5. The number of halogens is 3. The summed E-state index contributed by atoms with van der Waals surface area (Å²) in [5.41, 5.74) is -0.134. The van der Waals surface area contributed by atoms with E-state index in [2.05, 4.69) is 9.97 Å². The van der Waals surface area contributed by atoms with Crippen molar-refractivity contribution in [1.29, 1.82) is 0 Å². The molecule has 0 radical (unpaired) electrons. The van der Waals surface area contributed by atoms with E-state index in [0.29, 0.717) is 12.8 Å². The summed E-state index contributed by atoms with van der Waals surface area (Å²) in [5, 5.41) is 0. The molecule has 1 aromatic rings. The van der Waals surface area contributed by atoms with Crippen molar-refractivity contribution in [3.8, 4) is 5.88 Å². The molecule has 0 aromatic carbocycles. The Kier molecular flexibility index (Phi) is 4.64. The molecule has 1 heterocycles. The molecule has 0 N–H and O–H groups in total. The highest BCUT2D eigenvalue weighted by Gasteiger charge is 2.38. The van der Waals surface area contributed by atoms with Gasteiger partial charge < -0.3 is 9.64 Å². The lowest BCUT2D eigenvalue weighted by atomic mass is 10.2. The molecule has 8 heteroatoms. The van der Waals surface area contributed by atoms with Gasteiger partial charge in [-0.3, -0.25) is 9.78 Å². The zero-order chi connectivity index (χ0) is 15.5. The fourth-order valence-corrected chi connectivity index (χ4v) is 2.47. The van der Waals surface area contributed by atoms with Gasteiger partial charge >= 0.3 is 6.18 Å². The van der Waals surface area contributed by atoms with Gasteiger partial charge in [-0.05, 0) is 12.8 Å². The predicted octanol–water partition coefficient (Wildman–Crippen LogP) is 2.43.